The monoisotopic (exact) mass is 192 g/mol. The Bertz CT molecular complexity index is 296. The quantitative estimate of drug-likeness (QED) is 0.712. The zero-order valence-electron chi connectivity index (χ0n) is 8.19. The topological polar surface area (TPSA) is 40.5 Å². The van der Waals surface area contributed by atoms with Gasteiger partial charge in [-0.25, -0.2) is 0 Å². The van der Waals surface area contributed by atoms with E-state index in [1.807, 2.05) is 30.3 Å². The van der Waals surface area contributed by atoms with Crippen molar-refractivity contribution in [2.24, 2.45) is 0 Å². The Morgan fingerprint density at radius 2 is 1.86 bits per heavy atom. The predicted molar refractivity (Wildman–Crippen MR) is 54.8 cm³/mol. The lowest BCUT2D eigenvalue weighted by Gasteiger charge is -2.37. The largest absolute Gasteiger partial charge is 0.390 e. The van der Waals surface area contributed by atoms with Crippen LogP contribution >= 0.6 is 0 Å². The van der Waals surface area contributed by atoms with E-state index in [4.69, 9.17) is 0 Å². The molecule has 14 heavy (non-hydrogen) atoms. The molecule has 0 amide bonds. The predicted octanol–water partition coefficient (Wildman–Crippen LogP) is 1.81. The van der Waals surface area contributed by atoms with Gasteiger partial charge in [0.2, 0.25) is 0 Å². The Morgan fingerprint density at radius 1 is 1.14 bits per heavy atom. The van der Waals surface area contributed by atoms with Gasteiger partial charge in [-0.2, -0.15) is 0 Å². The molecule has 0 unspecified atom stereocenters. The molecule has 1 aliphatic rings. The average molecular weight is 192 g/mol. The van der Waals surface area contributed by atoms with E-state index >= 15 is 0 Å². The Kier molecular flexibility index (Phi) is 2.57. The molecular weight excluding hydrogens is 176 g/mol. The fourth-order valence-corrected chi connectivity index (χ4v) is 2.20. The van der Waals surface area contributed by atoms with Crippen LogP contribution in [0, 0.1) is 0 Å². The molecule has 2 heteroatoms. The molecule has 76 valence electrons. The molecule has 0 heterocycles. The first kappa shape index (κ1) is 9.69. The number of aliphatic hydroxyl groups is 2. The molecule has 0 saturated heterocycles. The fourth-order valence-electron chi connectivity index (χ4n) is 2.20. The van der Waals surface area contributed by atoms with E-state index in [-0.39, 0.29) is 0 Å². The molecule has 0 aliphatic heterocycles. The third kappa shape index (κ3) is 1.56. The second-order valence-corrected chi connectivity index (χ2v) is 4.05. The summed E-state index contributed by atoms with van der Waals surface area (Å²) in [4.78, 5) is 0. The lowest BCUT2D eigenvalue weighted by Crippen LogP contribution is -2.41. The van der Waals surface area contributed by atoms with Gasteiger partial charge in [0.1, 0.15) is 5.60 Å². The van der Waals surface area contributed by atoms with Gasteiger partial charge in [0, 0.05) is 0 Å². The molecule has 2 atom stereocenters. The van der Waals surface area contributed by atoms with Gasteiger partial charge < -0.3 is 10.2 Å². The van der Waals surface area contributed by atoms with E-state index < -0.39 is 11.7 Å². The van der Waals surface area contributed by atoms with Crippen LogP contribution in [0.1, 0.15) is 31.2 Å². The summed E-state index contributed by atoms with van der Waals surface area (Å²) >= 11 is 0. The van der Waals surface area contributed by atoms with Crippen LogP contribution in [0.5, 0.6) is 0 Å². The normalized spacial score (nSPS) is 32.9. The van der Waals surface area contributed by atoms with Gasteiger partial charge in [-0.3, -0.25) is 0 Å². The molecule has 1 aliphatic carbocycles. The number of hydrogen-bond acceptors (Lipinski definition) is 2. The molecule has 2 nitrogen and oxygen atoms in total. The van der Waals surface area contributed by atoms with Crippen molar-refractivity contribution < 1.29 is 10.2 Å². The summed E-state index contributed by atoms with van der Waals surface area (Å²) in [6.45, 7) is 0. The molecule has 0 spiro atoms. The van der Waals surface area contributed by atoms with E-state index in [0.717, 1.165) is 18.4 Å². The zero-order valence-corrected chi connectivity index (χ0v) is 8.19. The standard InChI is InChI=1S/C12H16O2/c13-11-8-4-5-9-12(11,14)10-6-2-1-3-7-10/h1-3,6-7,11,13-14H,4-5,8-9H2/t11-,12+/m1/s1. The van der Waals surface area contributed by atoms with Crippen molar-refractivity contribution in [1.82, 2.24) is 0 Å². The van der Waals surface area contributed by atoms with Crippen LogP contribution in [-0.4, -0.2) is 16.3 Å². The highest BCUT2D eigenvalue weighted by Gasteiger charge is 2.38. The van der Waals surface area contributed by atoms with E-state index in [1.54, 1.807) is 0 Å². The minimum Gasteiger partial charge on any atom is -0.390 e. The fraction of sp³-hybridized carbons (Fsp3) is 0.500. The van der Waals surface area contributed by atoms with Gasteiger partial charge in [0.15, 0.2) is 0 Å². The minimum absolute atomic E-state index is 0.612. The lowest BCUT2D eigenvalue weighted by molar-refractivity contribution is -0.106. The van der Waals surface area contributed by atoms with Crippen molar-refractivity contribution in [3.05, 3.63) is 35.9 Å². The summed E-state index contributed by atoms with van der Waals surface area (Å²) in [6, 6.07) is 9.48. The van der Waals surface area contributed by atoms with Crippen molar-refractivity contribution >= 4 is 0 Å². The summed E-state index contributed by atoms with van der Waals surface area (Å²) in [7, 11) is 0. The summed E-state index contributed by atoms with van der Waals surface area (Å²) in [5, 5.41) is 20.2. The van der Waals surface area contributed by atoms with Crippen molar-refractivity contribution in [3.63, 3.8) is 0 Å². The van der Waals surface area contributed by atoms with E-state index in [1.165, 1.54) is 0 Å². The highest BCUT2D eigenvalue weighted by atomic mass is 16.3. The second-order valence-electron chi connectivity index (χ2n) is 4.05. The van der Waals surface area contributed by atoms with E-state index in [0.29, 0.717) is 12.8 Å². The molecule has 0 bridgehead atoms. The third-order valence-electron chi connectivity index (χ3n) is 3.11. The number of benzene rings is 1. The molecule has 1 aromatic carbocycles. The Hall–Kier alpha value is -0.860. The first-order chi connectivity index (χ1) is 6.73. The molecule has 2 rings (SSSR count). The van der Waals surface area contributed by atoms with Gasteiger partial charge in [0.25, 0.3) is 0 Å². The number of aliphatic hydroxyl groups excluding tert-OH is 1. The second kappa shape index (κ2) is 3.71. The van der Waals surface area contributed by atoms with Crippen molar-refractivity contribution in [3.8, 4) is 0 Å². The van der Waals surface area contributed by atoms with Gasteiger partial charge in [-0.05, 0) is 18.4 Å². The van der Waals surface area contributed by atoms with Crippen molar-refractivity contribution in [1.29, 1.82) is 0 Å². The molecule has 0 aromatic heterocycles. The molecule has 1 saturated carbocycles. The van der Waals surface area contributed by atoms with Gasteiger partial charge in [0.05, 0.1) is 6.10 Å². The molecule has 2 N–H and O–H groups in total. The van der Waals surface area contributed by atoms with E-state index in [2.05, 4.69) is 0 Å². The first-order valence-corrected chi connectivity index (χ1v) is 5.19. The summed E-state index contributed by atoms with van der Waals surface area (Å²) < 4.78 is 0. The first-order valence-electron chi connectivity index (χ1n) is 5.19. The van der Waals surface area contributed by atoms with Crippen LogP contribution in [-0.2, 0) is 5.60 Å². The zero-order chi connectivity index (χ0) is 10.0. The molecule has 1 aromatic rings. The van der Waals surface area contributed by atoms with Crippen LogP contribution in [0.4, 0.5) is 0 Å². The Morgan fingerprint density at radius 3 is 2.50 bits per heavy atom. The average Bonchev–Trinajstić information content (AvgIpc) is 2.24. The van der Waals surface area contributed by atoms with Crippen molar-refractivity contribution in [2.45, 2.75) is 37.4 Å². The van der Waals surface area contributed by atoms with Crippen molar-refractivity contribution in [2.75, 3.05) is 0 Å². The minimum atomic E-state index is -1.01. The maximum Gasteiger partial charge on any atom is 0.115 e. The van der Waals surface area contributed by atoms with Gasteiger partial charge in [-0.15, -0.1) is 0 Å². The van der Waals surface area contributed by atoms with Gasteiger partial charge >= 0.3 is 0 Å². The lowest BCUT2D eigenvalue weighted by atomic mass is 9.77. The summed E-state index contributed by atoms with van der Waals surface area (Å²) in [5.74, 6) is 0. The summed E-state index contributed by atoms with van der Waals surface area (Å²) in [6.07, 6.45) is 2.75. The maximum atomic E-state index is 10.4. The summed E-state index contributed by atoms with van der Waals surface area (Å²) in [5.41, 5.74) is -0.174. The highest BCUT2D eigenvalue weighted by molar-refractivity contribution is 5.24. The molecular formula is C12H16O2. The number of hydrogen-bond donors (Lipinski definition) is 2. The van der Waals surface area contributed by atoms with Crippen LogP contribution in [0.25, 0.3) is 0 Å². The van der Waals surface area contributed by atoms with Crippen LogP contribution in [0.2, 0.25) is 0 Å². The number of rotatable bonds is 1. The van der Waals surface area contributed by atoms with Crippen LogP contribution in [0.15, 0.2) is 30.3 Å². The van der Waals surface area contributed by atoms with Gasteiger partial charge in [-0.1, -0.05) is 43.2 Å². The Labute approximate surface area is 84.2 Å². The maximum absolute atomic E-state index is 10.4. The highest BCUT2D eigenvalue weighted by Crippen LogP contribution is 2.36. The van der Waals surface area contributed by atoms with Crippen LogP contribution < -0.4 is 0 Å². The SMILES string of the molecule is O[C@@H]1CCCC[C@]1(O)c1ccccc1. The third-order valence-corrected chi connectivity index (χ3v) is 3.11. The molecule has 1 fully saturated rings. The van der Waals surface area contributed by atoms with Crippen LogP contribution in [0.3, 0.4) is 0 Å². The Balaban J connectivity index is 2.30. The van der Waals surface area contributed by atoms with E-state index in [9.17, 15) is 10.2 Å². The molecule has 0 radical (unpaired) electrons. The smallest absolute Gasteiger partial charge is 0.115 e.